The Labute approximate surface area is 260 Å². The van der Waals surface area contributed by atoms with Gasteiger partial charge in [0, 0.05) is 45.4 Å². The largest absolute Gasteiger partial charge is 0.530 e. The Hall–Kier alpha value is -3.25. The summed E-state index contributed by atoms with van der Waals surface area (Å²) >= 11 is 0. The molecule has 2 aliphatic heterocycles. The van der Waals surface area contributed by atoms with Gasteiger partial charge in [0.2, 0.25) is 0 Å². The number of rotatable bonds is 8. The zero-order valence-electron chi connectivity index (χ0n) is 26.8. The van der Waals surface area contributed by atoms with E-state index in [4.69, 9.17) is 24.0 Å². The lowest BCUT2D eigenvalue weighted by Crippen LogP contribution is -2.41. The van der Waals surface area contributed by atoms with Crippen LogP contribution >= 0.6 is 0 Å². The zero-order chi connectivity index (χ0) is 31.4. The maximum Gasteiger partial charge on any atom is 0.494 e. The molecule has 1 atom stereocenters. The fourth-order valence-corrected chi connectivity index (χ4v) is 6.62. The molecule has 2 aromatic carbocycles. The van der Waals surface area contributed by atoms with E-state index >= 15 is 0 Å². The summed E-state index contributed by atoms with van der Waals surface area (Å²) in [5, 5.41) is 13.7. The van der Waals surface area contributed by atoms with Gasteiger partial charge in [-0.25, -0.2) is 9.97 Å². The smallest absolute Gasteiger partial charge is 0.494 e. The molecular weight excluding hydrogens is 571 g/mol. The predicted octanol–water partition coefficient (Wildman–Crippen LogP) is 5.00. The van der Waals surface area contributed by atoms with Crippen molar-refractivity contribution in [2.45, 2.75) is 83.7 Å². The minimum absolute atomic E-state index is 0.0371. The van der Waals surface area contributed by atoms with Crippen LogP contribution in [-0.4, -0.2) is 71.6 Å². The topological polar surface area (TPSA) is 102 Å². The van der Waals surface area contributed by atoms with E-state index in [2.05, 4.69) is 89.8 Å². The van der Waals surface area contributed by atoms with E-state index in [0.717, 1.165) is 50.4 Å². The summed E-state index contributed by atoms with van der Waals surface area (Å²) in [6.07, 6.45) is 1.44. The zero-order valence-corrected chi connectivity index (χ0v) is 27.8. The highest BCUT2D eigenvalue weighted by molar-refractivity contribution is 6.76. The van der Waals surface area contributed by atoms with Gasteiger partial charge < -0.3 is 28.8 Å². The van der Waals surface area contributed by atoms with Gasteiger partial charge >= 0.3 is 7.12 Å². The highest BCUT2D eigenvalue weighted by Crippen LogP contribution is 2.37. The second-order valence-corrected chi connectivity index (χ2v) is 20.0. The molecule has 0 bridgehead atoms. The summed E-state index contributed by atoms with van der Waals surface area (Å²) in [5.74, 6) is 0.778. The van der Waals surface area contributed by atoms with E-state index in [1.165, 1.54) is 4.90 Å². The Morgan fingerprint density at radius 3 is 2.43 bits per heavy atom. The van der Waals surface area contributed by atoms with E-state index in [0.29, 0.717) is 32.8 Å². The number of likely N-dealkylation sites (tertiary alicyclic amines) is 1. The van der Waals surface area contributed by atoms with Crippen molar-refractivity contribution in [2.75, 3.05) is 19.7 Å². The Kier molecular flexibility index (Phi) is 7.89. The van der Waals surface area contributed by atoms with Crippen LogP contribution in [0, 0.1) is 0 Å². The molecule has 1 amide bonds. The first-order chi connectivity index (χ1) is 20.7. The molecule has 0 radical (unpaired) electrons. The van der Waals surface area contributed by atoms with Crippen LogP contribution in [0.15, 0.2) is 48.7 Å². The summed E-state index contributed by atoms with van der Waals surface area (Å²) in [5.41, 5.74) is 3.75. The number of benzene rings is 2. The maximum absolute atomic E-state index is 11.5. The normalized spacial score (nSPS) is 19.8. The first-order valence-electron chi connectivity index (χ1n) is 15.5. The van der Waals surface area contributed by atoms with Crippen molar-refractivity contribution in [3.63, 3.8) is 0 Å². The Morgan fingerprint density at radius 2 is 1.75 bits per heavy atom. The van der Waals surface area contributed by atoms with Crippen LogP contribution < -0.4 is 10.6 Å². The highest BCUT2D eigenvalue weighted by Gasteiger charge is 2.51. The standard InChI is InChI=1S/C33H43BN4O5Si/c1-32(2)33(3,4)43-34(42-32)27-11-10-22-16-23(8-9-24(22)17-27)26-18-28-30(35-19-26)38(21-41-14-15-44(5,6)7)29(36-28)25-12-13-37(20-25)31(39)40/h8-11,16-19,25H,12-15,20-21H2,1-7H3,(H,39,40)/p-1. The van der Waals surface area contributed by atoms with Crippen LogP contribution in [0.5, 0.6) is 0 Å². The van der Waals surface area contributed by atoms with Gasteiger partial charge in [-0.15, -0.1) is 0 Å². The van der Waals surface area contributed by atoms with E-state index in [9.17, 15) is 9.90 Å². The van der Waals surface area contributed by atoms with Gasteiger partial charge in [-0.1, -0.05) is 50.0 Å². The van der Waals surface area contributed by atoms with Gasteiger partial charge in [-0.3, -0.25) is 4.57 Å². The van der Waals surface area contributed by atoms with Crippen molar-refractivity contribution in [2.24, 2.45) is 0 Å². The van der Waals surface area contributed by atoms with Gasteiger partial charge in [0.05, 0.1) is 11.2 Å². The Morgan fingerprint density at radius 1 is 1.05 bits per heavy atom. The Bertz CT molecular complexity index is 1700. The fourth-order valence-electron chi connectivity index (χ4n) is 5.87. The molecular formula is C33H42BN4O5Si-. The number of ether oxygens (including phenoxy) is 1. The lowest BCUT2D eigenvalue weighted by molar-refractivity contribution is -0.264. The molecule has 4 aromatic rings. The van der Waals surface area contributed by atoms with Crippen LogP contribution in [0.2, 0.25) is 25.7 Å². The number of hydrogen-bond acceptors (Lipinski definition) is 7. The van der Waals surface area contributed by atoms with Crippen LogP contribution in [0.25, 0.3) is 33.1 Å². The first-order valence-corrected chi connectivity index (χ1v) is 19.2. The van der Waals surface area contributed by atoms with Gasteiger partial charge in [0.25, 0.3) is 0 Å². The van der Waals surface area contributed by atoms with Crippen molar-refractivity contribution >= 4 is 48.7 Å². The SMILES string of the molecule is CC1(C)OB(c2ccc3cc(-c4cnc5c(c4)nc(C4CCN(C(=O)[O-])C4)n5COCC[Si](C)(C)C)ccc3c2)OC1(C)C. The van der Waals surface area contributed by atoms with Crippen LogP contribution in [-0.2, 0) is 20.8 Å². The van der Waals surface area contributed by atoms with Crippen molar-refractivity contribution in [3.05, 3.63) is 54.5 Å². The monoisotopic (exact) mass is 613 g/mol. The van der Waals surface area contributed by atoms with E-state index in [1.807, 2.05) is 10.8 Å². The third-order valence-electron chi connectivity index (χ3n) is 9.37. The van der Waals surface area contributed by atoms with Crippen LogP contribution in [0.4, 0.5) is 4.79 Å². The number of hydrogen-bond donors (Lipinski definition) is 0. The maximum atomic E-state index is 11.5. The number of carboxylic acid groups (broad SMARTS) is 1. The van der Waals surface area contributed by atoms with E-state index in [1.54, 1.807) is 0 Å². The molecule has 0 saturated carbocycles. The summed E-state index contributed by atoms with van der Waals surface area (Å²) in [6.45, 7) is 17.1. The molecule has 0 aliphatic carbocycles. The van der Waals surface area contributed by atoms with Crippen LogP contribution in [0.3, 0.4) is 0 Å². The molecule has 0 N–H and O–H groups in total. The third kappa shape index (κ3) is 6.02. The molecule has 2 saturated heterocycles. The molecule has 6 rings (SSSR count). The van der Waals surface area contributed by atoms with Gasteiger partial charge in [0.1, 0.15) is 24.2 Å². The highest BCUT2D eigenvalue weighted by atomic mass is 28.3. The number of aromatic nitrogens is 3. The number of carbonyl (C=O) groups excluding carboxylic acids is 1. The number of carbonyl (C=O) groups is 1. The second kappa shape index (κ2) is 11.3. The number of nitrogens with zero attached hydrogens (tertiary/aromatic N) is 4. The molecule has 9 nitrogen and oxygen atoms in total. The molecule has 2 aliphatic rings. The molecule has 232 valence electrons. The number of fused-ring (bicyclic) bond motifs is 2. The van der Waals surface area contributed by atoms with Crippen molar-refractivity contribution in [1.29, 1.82) is 0 Å². The molecule has 2 aromatic heterocycles. The number of amides is 1. The minimum Gasteiger partial charge on any atom is -0.530 e. The Balaban J connectivity index is 1.28. The number of imidazole rings is 1. The summed E-state index contributed by atoms with van der Waals surface area (Å²) in [4.78, 5) is 22.7. The molecule has 1 unspecified atom stereocenters. The lowest BCUT2D eigenvalue weighted by atomic mass is 9.78. The quantitative estimate of drug-likeness (QED) is 0.204. The molecule has 2 fully saturated rings. The second-order valence-electron chi connectivity index (χ2n) is 14.4. The van der Waals surface area contributed by atoms with Crippen LogP contribution in [0.1, 0.15) is 45.9 Å². The third-order valence-corrected chi connectivity index (χ3v) is 11.1. The average Bonchev–Trinajstić information content (AvgIpc) is 3.64. The molecule has 11 heteroatoms. The van der Waals surface area contributed by atoms with Gasteiger partial charge in [-0.2, -0.15) is 0 Å². The average molecular weight is 614 g/mol. The van der Waals surface area contributed by atoms with Gasteiger partial charge in [0.15, 0.2) is 5.65 Å². The lowest BCUT2D eigenvalue weighted by Gasteiger charge is -2.32. The van der Waals surface area contributed by atoms with Crippen molar-refractivity contribution < 1.29 is 23.9 Å². The van der Waals surface area contributed by atoms with E-state index in [-0.39, 0.29) is 17.1 Å². The summed E-state index contributed by atoms with van der Waals surface area (Å²) in [6, 6.07) is 15.8. The summed E-state index contributed by atoms with van der Waals surface area (Å²) < 4.78 is 20.7. The number of pyridine rings is 1. The summed E-state index contributed by atoms with van der Waals surface area (Å²) in [7, 11) is -1.64. The van der Waals surface area contributed by atoms with Gasteiger partial charge in [-0.05, 0) is 74.1 Å². The molecule has 4 heterocycles. The minimum atomic E-state index is -1.24. The van der Waals surface area contributed by atoms with E-state index < -0.39 is 21.3 Å². The molecule has 44 heavy (non-hydrogen) atoms. The van der Waals surface area contributed by atoms with Crippen molar-refractivity contribution in [3.8, 4) is 11.1 Å². The van der Waals surface area contributed by atoms with Crippen molar-refractivity contribution in [1.82, 2.24) is 19.4 Å². The first kappa shape index (κ1) is 30.8. The fraction of sp³-hybridized carbons (Fsp3) is 0.485. The predicted molar refractivity (Wildman–Crippen MR) is 175 cm³/mol. The molecule has 0 spiro atoms.